The molecule has 4 nitrogen and oxygen atoms in total. The zero-order chi connectivity index (χ0) is 12.1. The van der Waals surface area contributed by atoms with Crippen molar-refractivity contribution in [1.29, 1.82) is 0 Å². The molecule has 2 unspecified atom stereocenters. The molecule has 2 aliphatic heterocycles. The second-order valence-electron chi connectivity index (χ2n) is 5.33. The predicted octanol–water partition coefficient (Wildman–Crippen LogP) is 0.917. The fraction of sp³-hybridized carbons (Fsp3) is 0.923. The first-order valence-corrected chi connectivity index (χ1v) is 6.87. The molecule has 2 rings (SSSR count). The molecule has 2 fully saturated rings. The van der Waals surface area contributed by atoms with E-state index in [1.807, 2.05) is 0 Å². The lowest BCUT2D eigenvalue weighted by molar-refractivity contribution is -0.131. The van der Waals surface area contributed by atoms with E-state index in [9.17, 15) is 4.79 Å². The molecule has 0 saturated carbocycles. The van der Waals surface area contributed by atoms with Gasteiger partial charge in [-0.05, 0) is 50.6 Å². The lowest BCUT2D eigenvalue weighted by atomic mass is 9.94. The molecule has 2 saturated heterocycles. The quantitative estimate of drug-likeness (QED) is 0.768. The van der Waals surface area contributed by atoms with Gasteiger partial charge in [0, 0.05) is 13.2 Å². The normalized spacial score (nSPS) is 30.4. The van der Waals surface area contributed by atoms with Gasteiger partial charge in [-0.1, -0.05) is 6.92 Å². The van der Waals surface area contributed by atoms with Gasteiger partial charge in [0.25, 0.3) is 0 Å². The molecular weight excluding hydrogens is 216 g/mol. The van der Waals surface area contributed by atoms with E-state index in [2.05, 4.69) is 17.6 Å². The van der Waals surface area contributed by atoms with Gasteiger partial charge in [0.15, 0.2) is 0 Å². The Morgan fingerprint density at radius 2 is 2.12 bits per heavy atom. The number of nitrogens with one attached hydrogen (secondary N) is 2. The monoisotopic (exact) mass is 240 g/mol. The minimum atomic E-state index is -0.206. The van der Waals surface area contributed by atoms with E-state index in [4.69, 9.17) is 4.74 Å². The topological polar surface area (TPSA) is 50.4 Å². The smallest absolute Gasteiger partial charge is 0.249 e. The molecule has 4 heteroatoms. The molecule has 0 aromatic heterocycles. The van der Waals surface area contributed by atoms with E-state index in [-0.39, 0.29) is 12.0 Å². The van der Waals surface area contributed by atoms with Gasteiger partial charge in [-0.25, -0.2) is 0 Å². The Balaban J connectivity index is 1.62. The van der Waals surface area contributed by atoms with E-state index >= 15 is 0 Å². The van der Waals surface area contributed by atoms with Crippen LogP contribution in [0.5, 0.6) is 0 Å². The molecule has 2 atom stereocenters. The third-order valence-corrected chi connectivity index (χ3v) is 3.96. The number of piperidine rings is 1. The highest BCUT2D eigenvalue weighted by atomic mass is 16.5. The lowest BCUT2D eigenvalue weighted by Crippen LogP contribution is -2.38. The van der Waals surface area contributed by atoms with Crippen LogP contribution < -0.4 is 10.6 Å². The summed E-state index contributed by atoms with van der Waals surface area (Å²) in [6, 6.07) is 0. The van der Waals surface area contributed by atoms with Gasteiger partial charge in [0.05, 0.1) is 0 Å². The summed E-state index contributed by atoms with van der Waals surface area (Å²) in [4.78, 5) is 11.8. The van der Waals surface area contributed by atoms with Crippen LogP contribution in [0, 0.1) is 11.8 Å². The van der Waals surface area contributed by atoms with Crippen molar-refractivity contribution in [2.45, 2.75) is 38.7 Å². The lowest BCUT2D eigenvalue weighted by Gasteiger charge is -2.23. The second-order valence-corrected chi connectivity index (χ2v) is 5.33. The number of rotatable bonds is 4. The molecule has 17 heavy (non-hydrogen) atoms. The van der Waals surface area contributed by atoms with Gasteiger partial charge in [-0.3, -0.25) is 4.79 Å². The van der Waals surface area contributed by atoms with Crippen LogP contribution in [0.2, 0.25) is 0 Å². The molecule has 0 spiro atoms. The summed E-state index contributed by atoms with van der Waals surface area (Å²) in [5.74, 6) is 1.23. The maximum atomic E-state index is 11.8. The summed E-state index contributed by atoms with van der Waals surface area (Å²) in [5, 5.41) is 6.38. The largest absolute Gasteiger partial charge is 0.368 e. The highest BCUT2D eigenvalue weighted by molar-refractivity contribution is 5.81. The van der Waals surface area contributed by atoms with Crippen LogP contribution in [0.15, 0.2) is 0 Å². The standard InChI is InChI=1S/C13H24N2O2/c1-10-5-9-17-12(10)13(16)15-8-4-11-2-6-14-7-3-11/h10-12,14H,2-9H2,1H3,(H,15,16). The number of amides is 1. The highest BCUT2D eigenvalue weighted by Crippen LogP contribution is 2.20. The van der Waals surface area contributed by atoms with Gasteiger partial charge in [0.1, 0.15) is 6.10 Å². The fourth-order valence-corrected chi connectivity index (χ4v) is 2.70. The van der Waals surface area contributed by atoms with Crippen molar-refractivity contribution in [2.75, 3.05) is 26.2 Å². The Bertz CT molecular complexity index is 252. The molecule has 0 aromatic carbocycles. The third-order valence-electron chi connectivity index (χ3n) is 3.96. The van der Waals surface area contributed by atoms with Crippen LogP contribution in [0.4, 0.5) is 0 Å². The highest BCUT2D eigenvalue weighted by Gasteiger charge is 2.30. The van der Waals surface area contributed by atoms with Crippen molar-refractivity contribution in [3.8, 4) is 0 Å². The second kappa shape index (κ2) is 6.36. The molecule has 2 aliphatic rings. The summed E-state index contributed by atoms with van der Waals surface area (Å²) in [6.07, 6.45) is 4.39. The maximum absolute atomic E-state index is 11.8. The molecule has 2 N–H and O–H groups in total. The van der Waals surface area contributed by atoms with Gasteiger partial charge in [-0.15, -0.1) is 0 Å². The van der Waals surface area contributed by atoms with E-state index < -0.39 is 0 Å². The van der Waals surface area contributed by atoms with Crippen molar-refractivity contribution in [3.63, 3.8) is 0 Å². The van der Waals surface area contributed by atoms with Crippen molar-refractivity contribution in [1.82, 2.24) is 10.6 Å². The van der Waals surface area contributed by atoms with E-state index in [0.29, 0.717) is 5.92 Å². The molecule has 0 bridgehead atoms. The summed E-state index contributed by atoms with van der Waals surface area (Å²) >= 11 is 0. The Morgan fingerprint density at radius 1 is 1.35 bits per heavy atom. The van der Waals surface area contributed by atoms with Gasteiger partial charge in [0.2, 0.25) is 5.91 Å². The van der Waals surface area contributed by atoms with Crippen molar-refractivity contribution in [2.24, 2.45) is 11.8 Å². The molecule has 98 valence electrons. The summed E-state index contributed by atoms with van der Waals surface area (Å²) in [7, 11) is 0. The van der Waals surface area contributed by atoms with Crippen LogP contribution in [0.3, 0.4) is 0 Å². The SMILES string of the molecule is CC1CCOC1C(=O)NCCC1CCNCC1. The van der Waals surface area contributed by atoms with Gasteiger partial charge >= 0.3 is 0 Å². The summed E-state index contributed by atoms with van der Waals surface area (Å²) < 4.78 is 5.45. The zero-order valence-corrected chi connectivity index (χ0v) is 10.7. The van der Waals surface area contributed by atoms with Gasteiger partial charge < -0.3 is 15.4 Å². The molecular formula is C13H24N2O2. The van der Waals surface area contributed by atoms with Crippen LogP contribution in [0.25, 0.3) is 0 Å². The van der Waals surface area contributed by atoms with Crippen LogP contribution in [0.1, 0.15) is 32.6 Å². The van der Waals surface area contributed by atoms with Crippen molar-refractivity contribution >= 4 is 5.91 Å². The Labute approximate surface area is 103 Å². The first kappa shape index (κ1) is 12.8. The maximum Gasteiger partial charge on any atom is 0.249 e. The molecule has 0 aromatic rings. The Hall–Kier alpha value is -0.610. The number of ether oxygens (including phenoxy) is 1. The number of carbonyl (C=O) groups excluding carboxylic acids is 1. The number of carbonyl (C=O) groups is 1. The third kappa shape index (κ3) is 3.68. The average molecular weight is 240 g/mol. The fourth-order valence-electron chi connectivity index (χ4n) is 2.70. The van der Waals surface area contributed by atoms with E-state index in [1.54, 1.807) is 0 Å². The van der Waals surface area contributed by atoms with Crippen LogP contribution >= 0.6 is 0 Å². The van der Waals surface area contributed by atoms with Crippen molar-refractivity contribution < 1.29 is 9.53 Å². The van der Waals surface area contributed by atoms with E-state index in [1.165, 1.54) is 12.8 Å². The Kier molecular flexibility index (Phi) is 4.80. The molecule has 0 radical (unpaired) electrons. The summed E-state index contributed by atoms with van der Waals surface area (Å²) in [6.45, 7) is 5.87. The minimum Gasteiger partial charge on any atom is -0.368 e. The molecule has 1 amide bonds. The average Bonchev–Trinajstić information content (AvgIpc) is 2.77. The first-order chi connectivity index (χ1) is 8.27. The molecule has 0 aliphatic carbocycles. The van der Waals surface area contributed by atoms with Crippen LogP contribution in [-0.4, -0.2) is 38.3 Å². The molecule has 2 heterocycles. The Morgan fingerprint density at radius 3 is 2.76 bits per heavy atom. The number of hydrogen-bond acceptors (Lipinski definition) is 3. The van der Waals surface area contributed by atoms with E-state index in [0.717, 1.165) is 45.0 Å². The van der Waals surface area contributed by atoms with Crippen molar-refractivity contribution in [3.05, 3.63) is 0 Å². The minimum absolute atomic E-state index is 0.0870. The predicted molar refractivity (Wildman–Crippen MR) is 66.7 cm³/mol. The van der Waals surface area contributed by atoms with Crippen LogP contribution in [-0.2, 0) is 9.53 Å². The number of hydrogen-bond donors (Lipinski definition) is 2. The summed E-state index contributed by atoms with van der Waals surface area (Å²) in [5.41, 5.74) is 0. The van der Waals surface area contributed by atoms with Gasteiger partial charge in [-0.2, -0.15) is 0 Å². The first-order valence-electron chi connectivity index (χ1n) is 6.87. The zero-order valence-electron chi connectivity index (χ0n) is 10.7.